The molecule has 5 heteroatoms. The Morgan fingerprint density at radius 3 is 3.05 bits per heavy atom. The van der Waals surface area contributed by atoms with Gasteiger partial charge in [-0.05, 0) is 31.2 Å². The molecule has 0 aliphatic carbocycles. The maximum atomic E-state index is 13.5. The molecule has 0 unspecified atom stereocenters. The quantitative estimate of drug-likeness (QED) is 0.852. The van der Waals surface area contributed by atoms with Crippen LogP contribution in [0.5, 0.6) is 0 Å². The second-order valence-corrected chi connectivity index (χ2v) is 4.90. The zero-order chi connectivity index (χ0) is 13.7. The first-order valence-electron chi connectivity index (χ1n) is 6.57. The first-order valence-corrected chi connectivity index (χ1v) is 6.57. The topological polar surface area (TPSA) is 24.5 Å². The van der Waals surface area contributed by atoms with E-state index in [4.69, 9.17) is 4.74 Å². The molecule has 1 aromatic carbocycles. The lowest BCUT2D eigenvalue weighted by atomic mass is 10.2. The number of rotatable bonds is 6. The second kappa shape index (κ2) is 6.93. The summed E-state index contributed by atoms with van der Waals surface area (Å²) in [4.78, 5) is 2.31. The van der Waals surface area contributed by atoms with Crippen LogP contribution in [0.25, 0.3) is 0 Å². The minimum Gasteiger partial charge on any atom is -0.383 e. The largest absolute Gasteiger partial charge is 0.383 e. The van der Waals surface area contributed by atoms with Crippen molar-refractivity contribution in [2.75, 3.05) is 33.4 Å². The van der Waals surface area contributed by atoms with E-state index in [1.807, 2.05) is 0 Å². The zero-order valence-electron chi connectivity index (χ0n) is 11.2. The molecule has 0 saturated carbocycles. The Hall–Kier alpha value is -1.04. The molecule has 106 valence electrons. The molecule has 3 nitrogen and oxygen atoms in total. The van der Waals surface area contributed by atoms with E-state index >= 15 is 0 Å². The van der Waals surface area contributed by atoms with Gasteiger partial charge in [-0.15, -0.1) is 0 Å². The van der Waals surface area contributed by atoms with Gasteiger partial charge in [0.05, 0.1) is 6.61 Å². The van der Waals surface area contributed by atoms with E-state index in [1.165, 1.54) is 12.1 Å². The van der Waals surface area contributed by atoms with Crippen LogP contribution in [0.15, 0.2) is 18.2 Å². The average Bonchev–Trinajstić information content (AvgIpc) is 2.85. The number of hydrogen-bond donors (Lipinski definition) is 1. The fraction of sp³-hybridized carbons (Fsp3) is 0.571. The standard InChI is InChI=1S/C14H20F2N2O/c1-19-7-6-18-5-4-13(10-18)17-9-11-8-12(15)2-3-14(11)16/h2-3,8,13,17H,4-7,9-10H2,1H3/t13-/m0/s1. The van der Waals surface area contributed by atoms with Gasteiger partial charge in [0.25, 0.3) is 0 Å². The molecule has 0 spiro atoms. The highest BCUT2D eigenvalue weighted by Crippen LogP contribution is 2.12. The summed E-state index contributed by atoms with van der Waals surface area (Å²) in [5.74, 6) is -0.755. The predicted octanol–water partition coefficient (Wildman–Crippen LogP) is 1.78. The van der Waals surface area contributed by atoms with Crippen molar-refractivity contribution in [3.63, 3.8) is 0 Å². The normalized spacial score (nSPS) is 20.1. The number of benzene rings is 1. The maximum absolute atomic E-state index is 13.5. The number of ether oxygens (including phenoxy) is 1. The van der Waals surface area contributed by atoms with E-state index in [0.717, 1.165) is 38.7 Å². The van der Waals surface area contributed by atoms with Crippen LogP contribution in [0.1, 0.15) is 12.0 Å². The Morgan fingerprint density at radius 1 is 1.42 bits per heavy atom. The van der Waals surface area contributed by atoms with Gasteiger partial charge in [0.1, 0.15) is 11.6 Å². The lowest BCUT2D eigenvalue weighted by Crippen LogP contribution is -2.33. The summed E-state index contributed by atoms with van der Waals surface area (Å²) in [5, 5.41) is 3.28. The van der Waals surface area contributed by atoms with Crippen LogP contribution in [-0.2, 0) is 11.3 Å². The van der Waals surface area contributed by atoms with Crippen molar-refractivity contribution < 1.29 is 13.5 Å². The highest BCUT2D eigenvalue weighted by atomic mass is 19.1. The molecular formula is C14H20F2N2O. The molecule has 1 aromatic rings. The Balaban J connectivity index is 1.78. The third kappa shape index (κ3) is 4.23. The molecule has 19 heavy (non-hydrogen) atoms. The molecule has 0 aromatic heterocycles. The molecule has 0 bridgehead atoms. The lowest BCUT2D eigenvalue weighted by Gasteiger charge is -2.16. The van der Waals surface area contributed by atoms with Crippen molar-refractivity contribution in [1.82, 2.24) is 10.2 Å². The molecule has 1 atom stereocenters. The predicted molar refractivity (Wildman–Crippen MR) is 69.9 cm³/mol. The third-order valence-corrected chi connectivity index (χ3v) is 3.47. The van der Waals surface area contributed by atoms with Gasteiger partial charge in [-0.25, -0.2) is 8.78 Å². The van der Waals surface area contributed by atoms with Crippen molar-refractivity contribution in [3.05, 3.63) is 35.4 Å². The summed E-state index contributed by atoms with van der Waals surface area (Å²) < 4.78 is 31.5. The Morgan fingerprint density at radius 2 is 2.26 bits per heavy atom. The SMILES string of the molecule is COCCN1CC[C@H](NCc2cc(F)ccc2F)C1. The smallest absolute Gasteiger partial charge is 0.127 e. The van der Waals surface area contributed by atoms with Gasteiger partial charge in [0.2, 0.25) is 0 Å². The van der Waals surface area contributed by atoms with Crippen LogP contribution in [0, 0.1) is 11.6 Å². The van der Waals surface area contributed by atoms with Crippen molar-refractivity contribution in [3.8, 4) is 0 Å². The summed E-state index contributed by atoms with van der Waals surface area (Å²) in [6.45, 7) is 3.97. The van der Waals surface area contributed by atoms with E-state index in [-0.39, 0.29) is 5.82 Å². The van der Waals surface area contributed by atoms with Crippen LogP contribution in [0.3, 0.4) is 0 Å². The second-order valence-electron chi connectivity index (χ2n) is 4.90. The van der Waals surface area contributed by atoms with Crippen LogP contribution in [0.2, 0.25) is 0 Å². The van der Waals surface area contributed by atoms with Gasteiger partial charge in [0.15, 0.2) is 0 Å². The monoisotopic (exact) mass is 270 g/mol. The van der Waals surface area contributed by atoms with Gasteiger partial charge < -0.3 is 10.1 Å². The Labute approximate surface area is 112 Å². The van der Waals surface area contributed by atoms with E-state index < -0.39 is 5.82 Å². The van der Waals surface area contributed by atoms with Crippen LogP contribution in [0.4, 0.5) is 8.78 Å². The Bertz CT molecular complexity index is 414. The molecule has 1 heterocycles. The number of hydrogen-bond acceptors (Lipinski definition) is 3. The summed E-state index contributed by atoms with van der Waals surface area (Å²) >= 11 is 0. The first-order chi connectivity index (χ1) is 9.19. The van der Waals surface area contributed by atoms with Gasteiger partial charge in [-0.2, -0.15) is 0 Å². The minimum atomic E-state index is -0.397. The van der Waals surface area contributed by atoms with E-state index in [1.54, 1.807) is 7.11 Å². The highest BCUT2D eigenvalue weighted by Gasteiger charge is 2.21. The molecule has 1 saturated heterocycles. The molecule has 1 N–H and O–H groups in total. The number of halogens is 2. The summed E-state index contributed by atoms with van der Waals surface area (Å²) in [7, 11) is 1.69. The summed E-state index contributed by atoms with van der Waals surface area (Å²) in [6.07, 6.45) is 1.03. The number of nitrogens with zero attached hydrogens (tertiary/aromatic N) is 1. The number of likely N-dealkylation sites (tertiary alicyclic amines) is 1. The molecule has 1 fully saturated rings. The van der Waals surface area contributed by atoms with Gasteiger partial charge >= 0.3 is 0 Å². The molecular weight excluding hydrogens is 250 g/mol. The fourth-order valence-corrected chi connectivity index (χ4v) is 2.36. The summed E-state index contributed by atoms with van der Waals surface area (Å²) in [6, 6.07) is 3.90. The van der Waals surface area contributed by atoms with Crippen LogP contribution < -0.4 is 5.32 Å². The van der Waals surface area contributed by atoms with Crippen molar-refractivity contribution >= 4 is 0 Å². The zero-order valence-corrected chi connectivity index (χ0v) is 11.2. The van der Waals surface area contributed by atoms with Gasteiger partial charge in [-0.1, -0.05) is 0 Å². The number of methoxy groups -OCH3 is 1. The first kappa shape index (κ1) is 14.4. The highest BCUT2D eigenvalue weighted by molar-refractivity contribution is 5.18. The van der Waals surface area contributed by atoms with Crippen molar-refractivity contribution in [2.24, 2.45) is 0 Å². The molecule has 1 aliphatic rings. The van der Waals surface area contributed by atoms with Gasteiger partial charge in [0, 0.05) is 38.3 Å². The van der Waals surface area contributed by atoms with E-state index in [2.05, 4.69) is 10.2 Å². The van der Waals surface area contributed by atoms with E-state index in [9.17, 15) is 8.78 Å². The minimum absolute atomic E-state index is 0.333. The van der Waals surface area contributed by atoms with E-state index in [0.29, 0.717) is 18.2 Å². The lowest BCUT2D eigenvalue weighted by molar-refractivity contribution is 0.159. The summed E-state index contributed by atoms with van der Waals surface area (Å²) in [5.41, 5.74) is 0.385. The van der Waals surface area contributed by atoms with Crippen LogP contribution in [-0.4, -0.2) is 44.3 Å². The molecule has 1 aliphatic heterocycles. The fourth-order valence-electron chi connectivity index (χ4n) is 2.36. The van der Waals surface area contributed by atoms with Crippen LogP contribution >= 0.6 is 0 Å². The Kier molecular flexibility index (Phi) is 5.24. The molecule has 2 rings (SSSR count). The van der Waals surface area contributed by atoms with Gasteiger partial charge in [-0.3, -0.25) is 4.90 Å². The molecule has 0 amide bonds. The third-order valence-electron chi connectivity index (χ3n) is 3.47. The van der Waals surface area contributed by atoms with Crippen molar-refractivity contribution in [1.29, 1.82) is 0 Å². The van der Waals surface area contributed by atoms with Crippen molar-refractivity contribution in [2.45, 2.75) is 19.0 Å². The number of nitrogens with one attached hydrogen (secondary N) is 1. The molecule has 0 radical (unpaired) electrons. The average molecular weight is 270 g/mol. The maximum Gasteiger partial charge on any atom is 0.127 e.